The average molecular weight is 186 g/mol. The van der Waals surface area contributed by atoms with Crippen LogP contribution in [0.5, 0.6) is 0 Å². The van der Waals surface area contributed by atoms with Crippen LogP contribution in [-0.2, 0) is 0 Å². The van der Waals surface area contributed by atoms with Crippen molar-refractivity contribution in [2.45, 2.75) is 6.92 Å². The molecule has 14 heavy (non-hydrogen) atoms. The fraction of sp³-hybridized carbons (Fsp3) is 0.300. The highest BCUT2D eigenvalue weighted by Gasteiger charge is 2.05. The van der Waals surface area contributed by atoms with Gasteiger partial charge in [0, 0.05) is 12.7 Å². The molecule has 0 aliphatic carbocycles. The number of terminal acetylenes is 1. The van der Waals surface area contributed by atoms with Gasteiger partial charge in [0.05, 0.1) is 6.54 Å². The van der Waals surface area contributed by atoms with E-state index < -0.39 is 0 Å². The summed E-state index contributed by atoms with van der Waals surface area (Å²) in [6.07, 6.45) is 6.76. The van der Waals surface area contributed by atoms with Crippen molar-refractivity contribution in [2.75, 3.05) is 18.0 Å². The smallest absolute Gasteiger partial charge is 0.227 e. The fourth-order valence-electron chi connectivity index (χ4n) is 0.997. The van der Waals surface area contributed by atoms with Crippen molar-refractivity contribution in [2.24, 2.45) is 0 Å². The van der Waals surface area contributed by atoms with Gasteiger partial charge in [-0.05, 0) is 13.0 Å². The molecule has 0 spiro atoms. The second-order valence-corrected chi connectivity index (χ2v) is 2.57. The van der Waals surface area contributed by atoms with Crippen LogP contribution in [0.4, 0.5) is 5.95 Å². The largest absolute Gasteiger partial charge is 0.330 e. The van der Waals surface area contributed by atoms with Crippen molar-refractivity contribution < 1.29 is 0 Å². The van der Waals surface area contributed by atoms with E-state index in [9.17, 15) is 0 Å². The third-order valence-corrected chi connectivity index (χ3v) is 1.70. The lowest BCUT2D eigenvalue weighted by Crippen LogP contribution is -2.25. The Bertz CT molecular complexity index is 386. The highest BCUT2D eigenvalue weighted by molar-refractivity contribution is 5.34. The minimum absolute atomic E-state index is 0.352. The zero-order chi connectivity index (χ0) is 10.4. The molecule has 0 N–H and O–H groups in total. The highest BCUT2D eigenvalue weighted by Crippen LogP contribution is 2.05. The van der Waals surface area contributed by atoms with E-state index in [0.29, 0.717) is 18.2 Å². The molecule has 0 aliphatic rings. The Morgan fingerprint density at radius 1 is 1.64 bits per heavy atom. The Hall–Kier alpha value is -2.07. The van der Waals surface area contributed by atoms with Crippen molar-refractivity contribution in [3.63, 3.8) is 0 Å². The molecule has 4 heteroatoms. The van der Waals surface area contributed by atoms with E-state index in [1.54, 1.807) is 12.3 Å². The fourth-order valence-corrected chi connectivity index (χ4v) is 0.997. The standard InChI is InChI=1S/C10H10N4/c1-3-7-14(4-2)10-12-6-5-9(8-11)13-10/h1,5-6H,4,7H2,2H3. The Morgan fingerprint density at radius 2 is 2.43 bits per heavy atom. The van der Waals surface area contributed by atoms with Crippen LogP contribution < -0.4 is 4.90 Å². The molecule has 4 nitrogen and oxygen atoms in total. The molecule has 1 aromatic rings. The van der Waals surface area contributed by atoms with Crippen LogP contribution in [0.1, 0.15) is 12.6 Å². The van der Waals surface area contributed by atoms with Crippen molar-refractivity contribution in [3.8, 4) is 18.4 Å². The average Bonchev–Trinajstić information content (AvgIpc) is 2.26. The van der Waals surface area contributed by atoms with Gasteiger partial charge in [0.1, 0.15) is 11.8 Å². The Labute approximate surface area is 83.2 Å². The minimum atomic E-state index is 0.352. The molecule has 0 aromatic carbocycles. The molecule has 0 unspecified atom stereocenters. The van der Waals surface area contributed by atoms with E-state index in [4.69, 9.17) is 11.7 Å². The molecule has 70 valence electrons. The van der Waals surface area contributed by atoms with Crippen LogP contribution in [0.3, 0.4) is 0 Å². The first-order chi connectivity index (χ1) is 6.81. The molecule has 0 fully saturated rings. The third-order valence-electron chi connectivity index (χ3n) is 1.70. The summed E-state index contributed by atoms with van der Waals surface area (Å²) in [5.74, 6) is 3.02. The summed E-state index contributed by atoms with van der Waals surface area (Å²) < 4.78 is 0. The zero-order valence-electron chi connectivity index (χ0n) is 7.94. The number of rotatable bonds is 3. The van der Waals surface area contributed by atoms with Crippen LogP contribution in [0.15, 0.2) is 12.3 Å². The van der Waals surface area contributed by atoms with Gasteiger partial charge in [-0.1, -0.05) is 5.92 Å². The van der Waals surface area contributed by atoms with Crippen LogP contribution in [0.2, 0.25) is 0 Å². The number of nitrogens with zero attached hydrogens (tertiary/aromatic N) is 4. The summed E-state index contributed by atoms with van der Waals surface area (Å²) in [6, 6.07) is 3.52. The molecule has 0 bridgehead atoms. The van der Waals surface area contributed by atoms with E-state index in [2.05, 4.69) is 15.9 Å². The molecule has 1 heterocycles. The number of anilines is 1. The van der Waals surface area contributed by atoms with E-state index in [1.807, 2.05) is 17.9 Å². The maximum atomic E-state index is 8.65. The summed E-state index contributed by atoms with van der Waals surface area (Å²) in [7, 11) is 0. The predicted molar refractivity (Wildman–Crippen MR) is 53.5 cm³/mol. The number of aromatic nitrogens is 2. The van der Waals surface area contributed by atoms with Gasteiger partial charge >= 0.3 is 0 Å². The molecular formula is C10H10N4. The molecule has 1 aromatic heterocycles. The summed E-state index contributed by atoms with van der Waals surface area (Å²) in [5.41, 5.74) is 0.352. The van der Waals surface area contributed by atoms with Gasteiger partial charge < -0.3 is 4.90 Å². The van der Waals surface area contributed by atoms with Crippen LogP contribution in [-0.4, -0.2) is 23.1 Å². The lowest BCUT2D eigenvalue weighted by Gasteiger charge is -2.16. The van der Waals surface area contributed by atoms with Gasteiger partial charge in [0.25, 0.3) is 0 Å². The van der Waals surface area contributed by atoms with E-state index in [1.165, 1.54) is 0 Å². The summed E-state index contributed by atoms with van der Waals surface area (Å²) in [6.45, 7) is 3.13. The lowest BCUT2D eigenvalue weighted by molar-refractivity contribution is 0.859. The highest BCUT2D eigenvalue weighted by atomic mass is 15.2. The van der Waals surface area contributed by atoms with Crippen LogP contribution in [0.25, 0.3) is 0 Å². The molecular weight excluding hydrogens is 176 g/mol. The monoisotopic (exact) mass is 186 g/mol. The zero-order valence-corrected chi connectivity index (χ0v) is 7.94. The molecule has 0 aliphatic heterocycles. The Kier molecular flexibility index (Phi) is 3.46. The van der Waals surface area contributed by atoms with Gasteiger partial charge in [-0.3, -0.25) is 0 Å². The summed E-state index contributed by atoms with van der Waals surface area (Å²) >= 11 is 0. The molecule has 0 saturated heterocycles. The van der Waals surface area contributed by atoms with E-state index in [0.717, 1.165) is 6.54 Å². The van der Waals surface area contributed by atoms with Gasteiger partial charge in [-0.2, -0.15) is 5.26 Å². The normalized spacial score (nSPS) is 8.79. The topological polar surface area (TPSA) is 52.8 Å². The number of hydrogen-bond donors (Lipinski definition) is 0. The first-order valence-electron chi connectivity index (χ1n) is 4.23. The van der Waals surface area contributed by atoms with Crippen molar-refractivity contribution in [1.82, 2.24) is 9.97 Å². The summed E-state index contributed by atoms with van der Waals surface area (Å²) in [5, 5.41) is 8.65. The van der Waals surface area contributed by atoms with Crippen molar-refractivity contribution in [1.29, 1.82) is 5.26 Å². The van der Waals surface area contributed by atoms with Crippen LogP contribution >= 0.6 is 0 Å². The molecule has 0 amide bonds. The van der Waals surface area contributed by atoms with Gasteiger partial charge in [0.2, 0.25) is 5.95 Å². The second-order valence-electron chi connectivity index (χ2n) is 2.57. The molecule has 0 saturated carbocycles. The maximum absolute atomic E-state index is 8.65. The molecule has 0 atom stereocenters. The summed E-state index contributed by atoms with van der Waals surface area (Å²) in [4.78, 5) is 9.90. The molecule has 1 rings (SSSR count). The first-order valence-corrected chi connectivity index (χ1v) is 4.23. The number of hydrogen-bond acceptors (Lipinski definition) is 4. The van der Waals surface area contributed by atoms with Gasteiger partial charge in [-0.25, -0.2) is 9.97 Å². The predicted octanol–water partition coefficient (Wildman–Crippen LogP) is 0.808. The molecule has 0 radical (unpaired) electrons. The third kappa shape index (κ3) is 2.21. The van der Waals surface area contributed by atoms with Gasteiger partial charge in [-0.15, -0.1) is 6.42 Å². The SMILES string of the molecule is C#CCN(CC)c1nccc(C#N)n1. The van der Waals surface area contributed by atoms with Gasteiger partial charge in [0.15, 0.2) is 0 Å². The van der Waals surface area contributed by atoms with Crippen molar-refractivity contribution >= 4 is 5.95 Å². The lowest BCUT2D eigenvalue weighted by atomic mass is 10.4. The first kappa shape index (κ1) is 10.0. The Balaban J connectivity index is 2.94. The minimum Gasteiger partial charge on any atom is -0.330 e. The Morgan fingerprint density at radius 3 is 3.00 bits per heavy atom. The van der Waals surface area contributed by atoms with E-state index >= 15 is 0 Å². The van der Waals surface area contributed by atoms with Crippen LogP contribution in [0, 0.1) is 23.7 Å². The van der Waals surface area contributed by atoms with Crippen molar-refractivity contribution in [3.05, 3.63) is 18.0 Å². The number of nitriles is 1. The maximum Gasteiger partial charge on any atom is 0.227 e. The quantitative estimate of drug-likeness (QED) is 0.655. The second kappa shape index (κ2) is 4.84. The van der Waals surface area contributed by atoms with E-state index in [-0.39, 0.29) is 0 Å².